The van der Waals surface area contributed by atoms with Crippen molar-refractivity contribution in [3.8, 4) is 0 Å². The van der Waals surface area contributed by atoms with Crippen molar-refractivity contribution in [1.82, 2.24) is 9.88 Å². The maximum atomic E-state index is 12.8. The average Bonchev–Trinajstić information content (AvgIpc) is 2.45. The molecule has 0 bridgehead atoms. The van der Waals surface area contributed by atoms with Gasteiger partial charge < -0.3 is 4.98 Å². The molecule has 0 amide bonds. The Kier molecular flexibility index (Phi) is 5.18. The van der Waals surface area contributed by atoms with Gasteiger partial charge in [0, 0.05) is 23.2 Å². The average molecular weight is 286 g/mol. The third-order valence-electron chi connectivity index (χ3n) is 4.02. The highest BCUT2D eigenvalue weighted by atomic mass is 16.1. The zero-order valence-electron chi connectivity index (χ0n) is 13.6. The Morgan fingerprint density at radius 1 is 1.10 bits per heavy atom. The Hall–Kier alpha value is -1.61. The number of fused-ring (bicyclic) bond motifs is 1. The quantitative estimate of drug-likeness (QED) is 0.877. The molecule has 1 N–H and O–H groups in total. The van der Waals surface area contributed by atoms with Crippen molar-refractivity contribution in [3.05, 3.63) is 45.2 Å². The van der Waals surface area contributed by atoms with Crippen molar-refractivity contribution < 1.29 is 0 Å². The predicted octanol–water partition coefficient (Wildman–Crippen LogP) is 3.77. The van der Waals surface area contributed by atoms with Crippen molar-refractivity contribution in [2.45, 2.75) is 47.1 Å². The number of hydrogen-bond acceptors (Lipinski definition) is 2. The summed E-state index contributed by atoms with van der Waals surface area (Å²) in [5.74, 6) is 0. The molecule has 1 heterocycles. The molecule has 0 saturated carbocycles. The Morgan fingerprint density at radius 2 is 1.76 bits per heavy atom. The highest BCUT2D eigenvalue weighted by Crippen LogP contribution is 2.16. The fourth-order valence-corrected chi connectivity index (χ4v) is 2.94. The minimum absolute atomic E-state index is 0.183. The van der Waals surface area contributed by atoms with Gasteiger partial charge in [-0.2, -0.15) is 0 Å². The first kappa shape index (κ1) is 15.8. The van der Waals surface area contributed by atoms with E-state index in [0.29, 0.717) is 0 Å². The van der Waals surface area contributed by atoms with Crippen LogP contribution < -0.4 is 5.43 Å². The summed E-state index contributed by atoms with van der Waals surface area (Å²) < 4.78 is 0. The molecule has 2 rings (SSSR count). The number of nitrogens with one attached hydrogen (secondary N) is 1. The second-order valence-corrected chi connectivity index (χ2v) is 5.83. The number of aromatic amines is 1. The Labute approximate surface area is 127 Å². The van der Waals surface area contributed by atoms with E-state index in [0.717, 1.165) is 60.2 Å². The van der Waals surface area contributed by atoms with Crippen molar-refractivity contribution in [3.63, 3.8) is 0 Å². The lowest BCUT2D eigenvalue weighted by molar-refractivity contribution is 0.265. The fourth-order valence-electron chi connectivity index (χ4n) is 2.94. The maximum Gasteiger partial charge on any atom is 0.194 e. The number of aryl methyl sites for hydroxylation is 2. The Bertz CT molecular complexity index is 667. The molecule has 114 valence electrons. The normalized spacial score (nSPS) is 11.5. The lowest BCUT2D eigenvalue weighted by Gasteiger charge is -2.22. The van der Waals surface area contributed by atoms with Crippen LogP contribution in [-0.2, 0) is 6.54 Å². The lowest BCUT2D eigenvalue weighted by atomic mass is 10.1. The monoisotopic (exact) mass is 286 g/mol. The zero-order valence-corrected chi connectivity index (χ0v) is 13.6. The van der Waals surface area contributed by atoms with Gasteiger partial charge in [0.15, 0.2) is 5.43 Å². The van der Waals surface area contributed by atoms with Crippen molar-refractivity contribution in [1.29, 1.82) is 0 Å². The van der Waals surface area contributed by atoms with Crippen LogP contribution in [0.2, 0.25) is 0 Å². The molecule has 0 aliphatic rings. The third-order valence-corrected chi connectivity index (χ3v) is 4.02. The molecule has 1 aromatic carbocycles. The van der Waals surface area contributed by atoms with Gasteiger partial charge >= 0.3 is 0 Å². The van der Waals surface area contributed by atoms with Gasteiger partial charge in [-0.3, -0.25) is 9.69 Å². The number of para-hydroxylation sites is 1. The van der Waals surface area contributed by atoms with Crippen LogP contribution >= 0.6 is 0 Å². The minimum Gasteiger partial charge on any atom is -0.358 e. The maximum absolute atomic E-state index is 12.8. The lowest BCUT2D eigenvalue weighted by Crippen LogP contribution is -2.29. The summed E-state index contributed by atoms with van der Waals surface area (Å²) in [5, 5.41) is 0.809. The van der Waals surface area contributed by atoms with Gasteiger partial charge in [-0.1, -0.05) is 26.0 Å². The van der Waals surface area contributed by atoms with E-state index in [4.69, 9.17) is 0 Å². The summed E-state index contributed by atoms with van der Waals surface area (Å²) in [6.45, 7) is 11.2. The number of nitrogens with zero attached hydrogens (tertiary/aromatic N) is 1. The smallest absolute Gasteiger partial charge is 0.194 e. The van der Waals surface area contributed by atoms with Gasteiger partial charge in [0.1, 0.15) is 0 Å². The van der Waals surface area contributed by atoms with Crippen LogP contribution in [0.25, 0.3) is 10.9 Å². The van der Waals surface area contributed by atoms with Crippen LogP contribution in [0.15, 0.2) is 23.0 Å². The fraction of sp³-hybridized carbons (Fsp3) is 0.500. The number of hydrogen-bond donors (Lipinski definition) is 1. The highest BCUT2D eigenvalue weighted by molar-refractivity contribution is 5.82. The van der Waals surface area contributed by atoms with Gasteiger partial charge in [-0.05, 0) is 51.4 Å². The summed E-state index contributed by atoms with van der Waals surface area (Å²) in [4.78, 5) is 18.6. The van der Waals surface area contributed by atoms with E-state index in [1.807, 2.05) is 32.0 Å². The summed E-state index contributed by atoms with van der Waals surface area (Å²) in [6, 6.07) is 5.92. The first-order chi connectivity index (χ1) is 10.1. The zero-order chi connectivity index (χ0) is 15.4. The molecule has 0 radical (unpaired) electrons. The largest absolute Gasteiger partial charge is 0.358 e. The molecule has 3 heteroatoms. The van der Waals surface area contributed by atoms with Crippen LogP contribution in [0.1, 0.15) is 43.5 Å². The number of aromatic nitrogens is 1. The van der Waals surface area contributed by atoms with E-state index in [2.05, 4.69) is 23.7 Å². The first-order valence-electron chi connectivity index (χ1n) is 7.91. The van der Waals surface area contributed by atoms with Crippen LogP contribution in [0.5, 0.6) is 0 Å². The van der Waals surface area contributed by atoms with Crippen LogP contribution in [0.3, 0.4) is 0 Å². The number of H-pyrrole nitrogens is 1. The molecule has 0 atom stereocenters. The molecular weight excluding hydrogens is 260 g/mol. The number of rotatable bonds is 6. The summed E-state index contributed by atoms with van der Waals surface area (Å²) in [5.41, 5.74) is 4.19. The second kappa shape index (κ2) is 6.90. The van der Waals surface area contributed by atoms with Crippen molar-refractivity contribution in [2.75, 3.05) is 13.1 Å². The van der Waals surface area contributed by atoms with Gasteiger partial charge in [0.2, 0.25) is 0 Å². The molecular formula is C18H26N2O. The summed E-state index contributed by atoms with van der Waals surface area (Å²) in [6.07, 6.45) is 2.23. The summed E-state index contributed by atoms with van der Waals surface area (Å²) in [7, 11) is 0. The third kappa shape index (κ3) is 3.35. The first-order valence-corrected chi connectivity index (χ1v) is 7.91. The molecule has 0 unspecified atom stereocenters. The van der Waals surface area contributed by atoms with Gasteiger partial charge in [-0.25, -0.2) is 0 Å². The van der Waals surface area contributed by atoms with Crippen LogP contribution in [-0.4, -0.2) is 23.0 Å². The van der Waals surface area contributed by atoms with Gasteiger partial charge in [0.25, 0.3) is 0 Å². The minimum atomic E-state index is 0.183. The van der Waals surface area contributed by atoms with Crippen LogP contribution in [0.4, 0.5) is 0 Å². The van der Waals surface area contributed by atoms with Crippen LogP contribution in [0, 0.1) is 13.8 Å². The van der Waals surface area contributed by atoms with E-state index in [-0.39, 0.29) is 5.43 Å². The van der Waals surface area contributed by atoms with Gasteiger partial charge in [0.05, 0.1) is 5.52 Å². The van der Waals surface area contributed by atoms with E-state index in [1.165, 1.54) is 0 Å². The van der Waals surface area contributed by atoms with E-state index in [9.17, 15) is 4.79 Å². The molecule has 3 nitrogen and oxygen atoms in total. The Balaban J connectivity index is 2.47. The van der Waals surface area contributed by atoms with E-state index < -0.39 is 0 Å². The standard InChI is InChI=1S/C18H26N2O/c1-5-10-20(11-6-2)12-16-14(4)19-17-13(3)8-7-9-15(17)18(16)21/h7-9H,5-6,10-12H2,1-4H3,(H,19,21). The molecule has 21 heavy (non-hydrogen) atoms. The van der Waals surface area contributed by atoms with E-state index >= 15 is 0 Å². The van der Waals surface area contributed by atoms with Crippen molar-refractivity contribution >= 4 is 10.9 Å². The molecule has 2 aromatic rings. The molecule has 1 aromatic heterocycles. The topological polar surface area (TPSA) is 36.1 Å². The van der Waals surface area contributed by atoms with E-state index in [1.54, 1.807) is 0 Å². The predicted molar refractivity (Wildman–Crippen MR) is 89.9 cm³/mol. The molecule has 0 saturated heterocycles. The second-order valence-electron chi connectivity index (χ2n) is 5.83. The SMILES string of the molecule is CCCN(CCC)Cc1c(C)[nH]c2c(C)cccc2c1=O. The Morgan fingerprint density at radius 3 is 2.38 bits per heavy atom. The molecule has 0 aliphatic heterocycles. The van der Waals surface area contributed by atoms with Gasteiger partial charge in [-0.15, -0.1) is 0 Å². The summed E-state index contributed by atoms with van der Waals surface area (Å²) >= 11 is 0. The molecule has 0 spiro atoms. The molecule has 0 fully saturated rings. The number of benzene rings is 1. The molecule has 0 aliphatic carbocycles. The van der Waals surface area contributed by atoms with Crippen molar-refractivity contribution in [2.24, 2.45) is 0 Å². The highest BCUT2D eigenvalue weighted by Gasteiger charge is 2.13. The number of pyridine rings is 1.